The first-order valence-corrected chi connectivity index (χ1v) is 4.97. The van der Waals surface area contributed by atoms with Gasteiger partial charge in [0.25, 0.3) is 0 Å². The quantitative estimate of drug-likeness (QED) is 0.504. The number of rotatable bonds is 2. The summed E-state index contributed by atoms with van der Waals surface area (Å²) in [5.41, 5.74) is 1.61. The number of hydrogen-bond donors (Lipinski definition) is 2. The third kappa shape index (κ3) is 2.60. The first kappa shape index (κ1) is 13.1. The molecule has 0 spiro atoms. The number of thiol groups is 1. The summed E-state index contributed by atoms with van der Waals surface area (Å²) in [5, 5.41) is 0.590. The molecule has 0 aliphatic rings. The molecule has 1 aromatic heterocycles. The van der Waals surface area contributed by atoms with Crippen molar-refractivity contribution in [1.82, 2.24) is 9.97 Å². The van der Waals surface area contributed by atoms with Crippen molar-refractivity contribution in [3.8, 4) is 0 Å². The summed E-state index contributed by atoms with van der Waals surface area (Å²) < 4.78 is 0. The summed E-state index contributed by atoms with van der Waals surface area (Å²) in [7, 11) is 0. The zero-order valence-corrected chi connectivity index (χ0v) is 12.8. The van der Waals surface area contributed by atoms with E-state index in [1.165, 1.54) is 6.20 Å². The largest absolute Gasteiger partial charge is 0.331 e. The van der Waals surface area contributed by atoms with E-state index < -0.39 is 0 Å². The van der Waals surface area contributed by atoms with Gasteiger partial charge in [-0.15, -0.1) is 12.6 Å². The van der Waals surface area contributed by atoms with Crippen LogP contribution in [0.1, 0.15) is 21.7 Å². The number of hydrogen-bond acceptors (Lipinski definition) is 3. The maximum atomic E-state index is 12.0. The second-order valence-electron chi connectivity index (χ2n) is 3.26. The van der Waals surface area contributed by atoms with Crippen molar-refractivity contribution in [1.29, 1.82) is 0 Å². The SMILES string of the molecule is Cc1ccccc1C(=O)c1ncc(S)[nH]1.[Zn]. The molecule has 16 heavy (non-hydrogen) atoms. The molecule has 0 aliphatic heterocycles. The van der Waals surface area contributed by atoms with Crippen LogP contribution in [0.25, 0.3) is 0 Å². The van der Waals surface area contributed by atoms with Gasteiger partial charge in [-0.3, -0.25) is 4.79 Å². The summed E-state index contributed by atoms with van der Waals surface area (Å²) in [6.07, 6.45) is 1.52. The van der Waals surface area contributed by atoms with Crippen molar-refractivity contribution in [2.45, 2.75) is 11.9 Å². The van der Waals surface area contributed by atoms with Crippen molar-refractivity contribution in [2.24, 2.45) is 0 Å². The molecular weight excluding hydrogens is 274 g/mol. The molecule has 1 aromatic carbocycles. The minimum absolute atomic E-state index is 0. The summed E-state index contributed by atoms with van der Waals surface area (Å²) in [4.78, 5) is 18.7. The van der Waals surface area contributed by atoms with Crippen molar-refractivity contribution in [3.05, 3.63) is 47.4 Å². The van der Waals surface area contributed by atoms with Crippen LogP contribution in [0.15, 0.2) is 35.5 Å². The molecule has 0 saturated carbocycles. The van der Waals surface area contributed by atoms with E-state index >= 15 is 0 Å². The van der Waals surface area contributed by atoms with Crippen LogP contribution in [-0.2, 0) is 19.5 Å². The van der Waals surface area contributed by atoms with E-state index in [1.807, 2.05) is 25.1 Å². The van der Waals surface area contributed by atoms with Crippen molar-refractivity contribution < 1.29 is 24.3 Å². The molecule has 0 radical (unpaired) electrons. The minimum Gasteiger partial charge on any atom is -0.331 e. The van der Waals surface area contributed by atoms with Gasteiger partial charge >= 0.3 is 0 Å². The monoisotopic (exact) mass is 282 g/mol. The van der Waals surface area contributed by atoms with Crippen LogP contribution in [0.4, 0.5) is 0 Å². The number of H-pyrrole nitrogens is 1. The van der Waals surface area contributed by atoms with Crippen LogP contribution >= 0.6 is 12.6 Å². The number of nitrogens with zero attached hydrogens (tertiary/aromatic N) is 1. The second kappa shape index (κ2) is 5.42. The molecule has 0 atom stereocenters. The van der Waals surface area contributed by atoms with Gasteiger partial charge in [-0.05, 0) is 12.5 Å². The number of aromatic amines is 1. The van der Waals surface area contributed by atoms with Crippen molar-refractivity contribution in [2.75, 3.05) is 0 Å². The fourth-order valence-electron chi connectivity index (χ4n) is 1.38. The number of nitrogens with one attached hydrogen (secondary N) is 1. The molecule has 0 bridgehead atoms. The third-order valence-corrected chi connectivity index (χ3v) is 2.39. The van der Waals surface area contributed by atoms with Gasteiger partial charge in [0.2, 0.25) is 5.78 Å². The van der Waals surface area contributed by atoms with Crippen LogP contribution in [0.2, 0.25) is 0 Å². The Labute approximate surface area is 112 Å². The Hall–Kier alpha value is -0.927. The van der Waals surface area contributed by atoms with E-state index in [2.05, 4.69) is 22.6 Å². The van der Waals surface area contributed by atoms with Gasteiger partial charge in [0.15, 0.2) is 5.82 Å². The molecular formula is C11H10N2OSZn. The number of benzene rings is 1. The summed E-state index contributed by atoms with van der Waals surface area (Å²) in [6.45, 7) is 1.90. The predicted molar refractivity (Wildman–Crippen MR) is 60.5 cm³/mol. The Morgan fingerprint density at radius 2 is 2.06 bits per heavy atom. The third-order valence-electron chi connectivity index (χ3n) is 2.17. The van der Waals surface area contributed by atoms with Gasteiger partial charge in [-0.2, -0.15) is 0 Å². The average Bonchev–Trinajstić information content (AvgIpc) is 2.65. The Balaban J connectivity index is 0.00000128. The number of carbonyl (C=O) groups excluding carboxylic acids is 1. The van der Waals surface area contributed by atoms with Gasteiger partial charge in [0.1, 0.15) is 0 Å². The molecule has 0 amide bonds. The van der Waals surface area contributed by atoms with E-state index in [0.29, 0.717) is 16.4 Å². The van der Waals surface area contributed by atoms with Crippen LogP contribution < -0.4 is 0 Å². The molecule has 1 N–H and O–H groups in total. The van der Waals surface area contributed by atoms with Crippen LogP contribution in [0, 0.1) is 6.92 Å². The topological polar surface area (TPSA) is 45.8 Å². The van der Waals surface area contributed by atoms with Crippen molar-refractivity contribution in [3.63, 3.8) is 0 Å². The molecule has 78 valence electrons. The smallest absolute Gasteiger partial charge is 0.228 e. The molecule has 0 unspecified atom stereocenters. The van der Waals surface area contributed by atoms with Crippen molar-refractivity contribution >= 4 is 18.4 Å². The molecule has 5 heteroatoms. The first-order chi connectivity index (χ1) is 7.18. The molecule has 2 rings (SSSR count). The molecule has 0 aliphatic carbocycles. The molecule has 0 fully saturated rings. The van der Waals surface area contributed by atoms with E-state index in [9.17, 15) is 4.79 Å². The van der Waals surface area contributed by atoms with E-state index in [0.717, 1.165) is 5.56 Å². The minimum atomic E-state index is -0.103. The molecule has 3 nitrogen and oxygen atoms in total. The molecule has 1 heterocycles. The standard InChI is InChI=1S/C11H10N2OS.Zn/c1-7-4-2-3-5-8(7)10(14)11-12-6-9(15)13-11;/h2-6,15H,1H3,(H,12,13);. The van der Waals surface area contributed by atoms with Gasteiger partial charge in [0.05, 0.1) is 11.2 Å². The fourth-order valence-corrected chi connectivity index (χ4v) is 1.55. The second-order valence-corrected chi connectivity index (χ2v) is 3.74. The maximum absolute atomic E-state index is 12.0. The van der Waals surface area contributed by atoms with Gasteiger partial charge in [-0.25, -0.2) is 4.98 Å². The predicted octanol–water partition coefficient (Wildman–Crippen LogP) is 2.24. The average molecular weight is 284 g/mol. The van der Waals surface area contributed by atoms with Crippen LogP contribution in [0.3, 0.4) is 0 Å². The van der Waals surface area contributed by atoms with Crippen LogP contribution in [0.5, 0.6) is 0 Å². The first-order valence-electron chi connectivity index (χ1n) is 4.53. The van der Waals surface area contributed by atoms with E-state index in [-0.39, 0.29) is 25.3 Å². The molecule has 2 aromatic rings. The zero-order valence-electron chi connectivity index (χ0n) is 8.90. The number of aryl methyl sites for hydroxylation is 1. The normalized spacial score (nSPS) is 9.62. The fraction of sp³-hybridized carbons (Fsp3) is 0.0909. The van der Waals surface area contributed by atoms with Gasteiger partial charge in [0, 0.05) is 25.0 Å². The number of aromatic nitrogens is 2. The van der Waals surface area contributed by atoms with Crippen LogP contribution in [-0.4, -0.2) is 15.8 Å². The number of carbonyl (C=O) groups is 1. The van der Waals surface area contributed by atoms with E-state index in [4.69, 9.17) is 0 Å². The summed E-state index contributed by atoms with van der Waals surface area (Å²) >= 11 is 4.07. The van der Waals surface area contributed by atoms with Gasteiger partial charge < -0.3 is 4.98 Å². The Bertz CT molecular complexity index is 510. The number of ketones is 1. The van der Waals surface area contributed by atoms with E-state index in [1.54, 1.807) is 6.07 Å². The maximum Gasteiger partial charge on any atom is 0.228 e. The summed E-state index contributed by atoms with van der Waals surface area (Å²) in [6, 6.07) is 7.43. The number of imidazole rings is 1. The molecule has 0 saturated heterocycles. The Kier molecular flexibility index (Phi) is 4.45. The Morgan fingerprint density at radius 3 is 2.62 bits per heavy atom. The Morgan fingerprint density at radius 1 is 1.38 bits per heavy atom. The zero-order chi connectivity index (χ0) is 10.8. The summed E-state index contributed by atoms with van der Waals surface area (Å²) in [5.74, 6) is 0.225. The van der Waals surface area contributed by atoms with Gasteiger partial charge in [-0.1, -0.05) is 24.3 Å².